The van der Waals surface area contributed by atoms with E-state index in [9.17, 15) is 30.0 Å². The Morgan fingerprint density at radius 2 is 1.96 bits per heavy atom. The largest absolute Gasteiger partial charge is 0.508 e. The van der Waals surface area contributed by atoms with Crippen molar-refractivity contribution in [2.45, 2.75) is 24.4 Å². The molecular formula is C18H16O8. The number of hydrogen-bond donors (Lipinski definition) is 4. The van der Waals surface area contributed by atoms with Gasteiger partial charge in [-0.1, -0.05) is 6.08 Å². The number of aliphatic hydroxyl groups is 2. The van der Waals surface area contributed by atoms with Crippen LogP contribution in [0, 0.1) is 17.8 Å². The first-order valence-corrected chi connectivity index (χ1v) is 8.38. The SMILES string of the molecule is O=C1c2c(O)cc(O)cc2OC(C2=CC3CC4COC(O)(C3=O)C24)C1O. The molecule has 8 nitrogen and oxygen atoms in total. The van der Waals surface area contributed by atoms with Gasteiger partial charge in [0.1, 0.15) is 22.8 Å². The lowest BCUT2D eigenvalue weighted by atomic mass is 9.61. The number of carbonyl (C=O) groups is 2. The fourth-order valence-corrected chi connectivity index (χ4v) is 4.78. The van der Waals surface area contributed by atoms with E-state index in [1.165, 1.54) is 6.07 Å². The van der Waals surface area contributed by atoms with Crippen molar-refractivity contribution >= 4 is 11.6 Å². The van der Waals surface area contributed by atoms with Gasteiger partial charge in [0.2, 0.25) is 11.6 Å². The van der Waals surface area contributed by atoms with Crippen molar-refractivity contribution in [1.82, 2.24) is 0 Å². The Balaban J connectivity index is 1.61. The second-order valence-corrected chi connectivity index (χ2v) is 7.30. The number of ketones is 2. The Labute approximate surface area is 147 Å². The van der Waals surface area contributed by atoms with E-state index in [0.717, 1.165) is 6.07 Å². The van der Waals surface area contributed by atoms with Crippen LogP contribution in [0.3, 0.4) is 0 Å². The molecule has 0 spiro atoms. The van der Waals surface area contributed by atoms with Gasteiger partial charge in [-0.25, -0.2) is 0 Å². The van der Waals surface area contributed by atoms with Crippen LogP contribution in [0.4, 0.5) is 0 Å². The molecule has 0 aromatic heterocycles. The molecule has 6 rings (SSSR count). The number of benzene rings is 1. The Bertz CT molecular complexity index is 889. The van der Waals surface area contributed by atoms with Crippen molar-refractivity contribution in [3.63, 3.8) is 0 Å². The van der Waals surface area contributed by atoms with Gasteiger partial charge >= 0.3 is 0 Å². The van der Waals surface area contributed by atoms with Crippen LogP contribution in [-0.2, 0) is 9.53 Å². The number of phenols is 2. The number of hydrogen-bond acceptors (Lipinski definition) is 8. The smallest absolute Gasteiger partial charge is 0.234 e. The van der Waals surface area contributed by atoms with Gasteiger partial charge in [0.25, 0.3) is 0 Å². The van der Waals surface area contributed by atoms with Crippen LogP contribution < -0.4 is 4.74 Å². The molecule has 2 aliphatic heterocycles. The lowest BCUT2D eigenvalue weighted by molar-refractivity contribution is -0.205. The molecule has 6 unspecified atom stereocenters. The lowest BCUT2D eigenvalue weighted by Crippen LogP contribution is -2.58. The molecule has 1 saturated carbocycles. The van der Waals surface area contributed by atoms with Crippen LogP contribution in [0.25, 0.3) is 0 Å². The summed E-state index contributed by atoms with van der Waals surface area (Å²) in [5.41, 5.74) is 0.238. The third-order valence-electron chi connectivity index (χ3n) is 5.86. The van der Waals surface area contributed by atoms with Crippen LogP contribution in [0.1, 0.15) is 16.8 Å². The highest BCUT2D eigenvalue weighted by molar-refractivity contribution is 6.06. The van der Waals surface area contributed by atoms with Gasteiger partial charge in [0, 0.05) is 18.1 Å². The molecule has 0 radical (unpaired) electrons. The van der Waals surface area contributed by atoms with Crippen molar-refractivity contribution in [2.24, 2.45) is 17.8 Å². The molecule has 4 N–H and O–H groups in total. The van der Waals surface area contributed by atoms with Crippen LogP contribution in [0.2, 0.25) is 0 Å². The summed E-state index contributed by atoms with van der Waals surface area (Å²) >= 11 is 0. The lowest BCUT2D eigenvalue weighted by Gasteiger charge is -2.46. The first kappa shape index (κ1) is 15.8. The van der Waals surface area contributed by atoms with Crippen molar-refractivity contribution < 1.29 is 39.5 Å². The fraction of sp³-hybridized carbons (Fsp3) is 0.444. The van der Waals surface area contributed by atoms with E-state index in [-0.39, 0.29) is 29.6 Å². The number of Topliss-reactive ketones (excluding diaryl/α,β-unsaturated/α-hetero) is 2. The molecule has 1 aromatic carbocycles. The molecule has 136 valence electrons. The molecule has 5 aliphatic rings. The molecule has 6 atom stereocenters. The molecule has 3 aliphatic carbocycles. The monoisotopic (exact) mass is 360 g/mol. The number of rotatable bonds is 1. The minimum Gasteiger partial charge on any atom is -0.508 e. The maximum atomic E-state index is 12.6. The topological polar surface area (TPSA) is 134 Å². The summed E-state index contributed by atoms with van der Waals surface area (Å²) in [5.74, 6) is -5.30. The average molecular weight is 360 g/mol. The fourth-order valence-electron chi connectivity index (χ4n) is 4.78. The van der Waals surface area contributed by atoms with Gasteiger partial charge in [0.05, 0.1) is 12.5 Å². The second kappa shape index (κ2) is 4.85. The van der Waals surface area contributed by atoms with Crippen molar-refractivity contribution in [3.05, 3.63) is 29.3 Å². The normalized spacial score (nSPS) is 40.2. The van der Waals surface area contributed by atoms with Crippen LogP contribution in [0.15, 0.2) is 23.8 Å². The average Bonchev–Trinajstić information content (AvgIpc) is 2.89. The van der Waals surface area contributed by atoms with Gasteiger partial charge < -0.3 is 29.9 Å². The molecule has 1 aromatic rings. The zero-order valence-corrected chi connectivity index (χ0v) is 13.5. The second-order valence-electron chi connectivity index (χ2n) is 7.30. The van der Waals surface area contributed by atoms with Crippen LogP contribution in [0.5, 0.6) is 17.2 Å². The van der Waals surface area contributed by atoms with Gasteiger partial charge in [-0.05, 0) is 17.9 Å². The minimum absolute atomic E-state index is 0.0586. The highest BCUT2D eigenvalue weighted by Gasteiger charge is 2.65. The van der Waals surface area contributed by atoms with Gasteiger partial charge in [-0.15, -0.1) is 0 Å². The summed E-state index contributed by atoms with van der Waals surface area (Å²) in [6, 6.07) is 2.17. The quantitative estimate of drug-likeness (QED) is 0.510. The van der Waals surface area contributed by atoms with Crippen molar-refractivity contribution in [2.75, 3.05) is 6.61 Å². The Morgan fingerprint density at radius 1 is 1.19 bits per heavy atom. The Hall–Kier alpha value is -2.42. The Kier molecular flexibility index (Phi) is 2.95. The first-order chi connectivity index (χ1) is 12.3. The standard InChI is InChI=1S/C18H16O8/c19-8-3-10(20)12-11(4-8)26-16(15(22)14(12)21)9-2-6-1-7-5-25-18(24,13(7)9)17(6)23/h2-4,6-7,13,15-16,19-20,22,24H,1,5H2. The Morgan fingerprint density at radius 3 is 2.73 bits per heavy atom. The third kappa shape index (κ3) is 1.78. The van der Waals surface area contributed by atoms with E-state index in [1.807, 2.05) is 0 Å². The zero-order chi connectivity index (χ0) is 18.4. The molecule has 8 heteroatoms. The summed E-state index contributed by atoms with van der Waals surface area (Å²) in [5, 5.41) is 40.8. The maximum absolute atomic E-state index is 12.6. The van der Waals surface area contributed by atoms with E-state index in [0.29, 0.717) is 12.0 Å². The predicted octanol–water partition coefficient (Wildman–Crippen LogP) is -0.117. The zero-order valence-electron chi connectivity index (χ0n) is 13.5. The molecule has 0 amide bonds. The van der Waals surface area contributed by atoms with Gasteiger partial charge in [-0.2, -0.15) is 0 Å². The number of fused-ring (bicyclic) bond motifs is 1. The van der Waals surface area contributed by atoms with Crippen LogP contribution >= 0.6 is 0 Å². The summed E-state index contributed by atoms with van der Waals surface area (Å²) in [6.07, 6.45) is -0.555. The molecule has 1 saturated heterocycles. The van der Waals surface area contributed by atoms with Crippen molar-refractivity contribution in [3.8, 4) is 17.2 Å². The van der Waals surface area contributed by atoms with Gasteiger partial charge in [-0.3, -0.25) is 9.59 Å². The van der Waals surface area contributed by atoms with E-state index < -0.39 is 47.1 Å². The summed E-state index contributed by atoms with van der Waals surface area (Å²) in [4.78, 5) is 24.9. The molecule has 2 fully saturated rings. The predicted molar refractivity (Wildman–Crippen MR) is 83.6 cm³/mol. The summed E-state index contributed by atoms with van der Waals surface area (Å²) < 4.78 is 11.1. The van der Waals surface area contributed by atoms with E-state index in [4.69, 9.17) is 9.47 Å². The number of phenolic OH excluding ortho intramolecular Hbond substituents is 2. The highest BCUT2D eigenvalue weighted by atomic mass is 16.6. The first-order valence-electron chi connectivity index (χ1n) is 8.38. The van der Waals surface area contributed by atoms with Gasteiger partial charge in [0.15, 0.2) is 18.0 Å². The van der Waals surface area contributed by atoms with E-state index in [1.54, 1.807) is 6.08 Å². The summed E-state index contributed by atoms with van der Waals surface area (Å²) in [7, 11) is 0. The number of aromatic hydroxyl groups is 2. The molecule has 26 heavy (non-hydrogen) atoms. The number of ether oxygens (including phenoxy) is 2. The maximum Gasteiger partial charge on any atom is 0.234 e. The molecule has 4 bridgehead atoms. The highest BCUT2D eigenvalue weighted by Crippen LogP contribution is 2.55. The molecular weight excluding hydrogens is 344 g/mol. The number of carbonyl (C=O) groups excluding carboxylic acids is 2. The third-order valence-corrected chi connectivity index (χ3v) is 5.86. The number of aliphatic hydroxyl groups excluding tert-OH is 1. The number of allylic oxidation sites excluding steroid dienone is 1. The summed E-state index contributed by atoms with van der Waals surface area (Å²) in [6.45, 7) is 0.218. The van der Waals surface area contributed by atoms with E-state index in [2.05, 4.69) is 0 Å². The van der Waals surface area contributed by atoms with Crippen molar-refractivity contribution in [1.29, 1.82) is 0 Å². The van der Waals surface area contributed by atoms with Crippen LogP contribution in [-0.4, -0.2) is 56.6 Å². The minimum atomic E-state index is -1.95. The van der Waals surface area contributed by atoms with E-state index >= 15 is 0 Å². The molecule has 2 heterocycles.